The van der Waals surface area contributed by atoms with Gasteiger partial charge in [0.1, 0.15) is 5.82 Å². The molecule has 0 aliphatic heterocycles. The van der Waals surface area contributed by atoms with E-state index in [1.807, 2.05) is 6.92 Å². The molecule has 0 spiro atoms. The zero-order chi connectivity index (χ0) is 14.0. The van der Waals surface area contributed by atoms with Gasteiger partial charge in [0.15, 0.2) is 0 Å². The van der Waals surface area contributed by atoms with Crippen LogP contribution in [0.1, 0.15) is 15.9 Å². The number of hydrogen-bond acceptors (Lipinski definition) is 2. The second kappa shape index (κ2) is 5.40. The Bertz CT molecular complexity index is 643. The van der Waals surface area contributed by atoms with Crippen molar-refractivity contribution in [1.29, 1.82) is 0 Å². The monoisotopic (exact) mass is 322 g/mol. The van der Waals surface area contributed by atoms with E-state index in [-0.39, 0.29) is 5.56 Å². The number of nitrogens with two attached hydrogens (primary N) is 1. The normalized spacial score (nSPS) is 10.3. The van der Waals surface area contributed by atoms with Crippen molar-refractivity contribution in [2.75, 3.05) is 11.1 Å². The van der Waals surface area contributed by atoms with Gasteiger partial charge in [0.25, 0.3) is 5.91 Å². The first-order valence-corrected chi connectivity index (χ1v) is 6.39. The predicted molar refractivity (Wildman–Crippen MR) is 77.6 cm³/mol. The molecule has 0 saturated carbocycles. The number of aryl methyl sites for hydroxylation is 1. The van der Waals surface area contributed by atoms with Crippen LogP contribution in [-0.4, -0.2) is 5.91 Å². The van der Waals surface area contributed by atoms with Crippen LogP contribution in [0.15, 0.2) is 40.9 Å². The molecule has 0 fully saturated rings. The second-order valence-electron chi connectivity index (χ2n) is 4.15. The third kappa shape index (κ3) is 3.12. The Labute approximate surface area is 118 Å². The molecule has 2 rings (SSSR count). The molecule has 0 radical (unpaired) electrons. The minimum atomic E-state index is -0.577. The molecule has 19 heavy (non-hydrogen) atoms. The molecule has 3 nitrogen and oxygen atoms in total. The van der Waals surface area contributed by atoms with Gasteiger partial charge in [-0.15, -0.1) is 0 Å². The predicted octanol–water partition coefficient (Wildman–Crippen LogP) is 3.73. The van der Waals surface area contributed by atoms with Gasteiger partial charge in [0, 0.05) is 15.8 Å². The number of carbonyl (C=O) groups is 1. The number of anilines is 2. The highest BCUT2D eigenvalue weighted by Crippen LogP contribution is 2.19. The smallest absolute Gasteiger partial charge is 0.258 e. The van der Waals surface area contributed by atoms with Gasteiger partial charge in [-0.25, -0.2) is 4.39 Å². The number of amides is 1. The Morgan fingerprint density at radius 2 is 2.00 bits per heavy atom. The lowest BCUT2D eigenvalue weighted by molar-refractivity contribution is 0.102. The Hall–Kier alpha value is -1.88. The van der Waals surface area contributed by atoms with Crippen LogP contribution < -0.4 is 11.1 Å². The lowest BCUT2D eigenvalue weighted by Crippen LogP contribution is -2.14. The molecule has 0 unspecified atom stereocenters. The van der Waals surface area contributed by atoms with Gasteiger partial charge in [-0.3, -0.25) is 4.79 Å². The zero-order valence-corrected chi connectivity index (χ0v) is 11.8. The van der Waals surface area contributed by atoms with Crippen LogP contribution in [0.3, 0.4) is 0 Å². The van der Waals surface area contributed by atoms with E-state index in [0.717, 1.165) is 5.56 Å². The van der Waals surface area contributed by atoms with Crippen LogP contribution in [0.25, 0.3) is 0 Å². The minimum absolute atomic E-state index is 0.0117. The Balaban J connectivity index is 2.23. The number of benzene rings is 2. The summed E-state index contributed by atoms with van der Waals surface area (Å²) < 4.78 is 14.2. The van der Waals surface area contributed by atoms with E-state index >= 15 is 0 Å². The number of nitrogens with one attached hydrogen (secondary N) is 1. The number of nitrogen functional groups attached to an aromatic ring is 1. The summed E-state index contributed by atoms with van der Waals surface area (Å²) in [6.07, 6.45) is 0. The molecule has 0 aliphatic rings. The summed E-state index contributed by atoms with van der Waals surface area (Å²) in [4.78, 5) is 11.9. The first-order chi connectivity index (χ1) is 8.97. The molecule has 1 amide bonds. The highest BCUT2D eigenvalue weighted by molar-refractivity contribution is 9.10. The fourth-order valence-corrected chi connectivity index (χ4v) is 1.92. The summed E-state index contributed by atoms with van der Waals surface area (Å²) in [5.41, 5.74) is 7.78. The van der Waals surface area contributed by atoms with E-state index in [0.29, 0.717) is 15.8 Å². The van der Waals surface area contributed by atoms with Crippen molar-refractivity contribution < 1.29 is 9.18 Å². The molecule has 0 aromatic heterocycles. The topological polar surface area (TPSA) is 55.1 Å². The second-order valence-corrected chi connectivity index (χ2v) is 5.07. The molecule has 2 aromatic rings. The third-order valence-electron chi connectivity index (χ3n) is 2.71. The molecule has 0 bridgehead atoms. The standard InChI is InChI=1S/C14H12BrFN2O/c1-8-2-4-10(7-13(8)17)18-14(19)11-5-3-9(15)6-12(11)16/h2-7H,17H2,1H3,(H,18,19). The van der Waals surface area contributed by atoms with E-state index in [2.05, 4.69) is 21.2 Å². The number of carbonyl (C=O) groups excluding carboxylic acids is 1. The van der Waals surface area contributed by atoms with Crippen LogP contribution in [0.5, 0.6) is 0 Å². The molecular weight excluding hydrogens is 311 g/mol. The molecule has 0 heterocycles. The summed E-state index contributed by atoms with van der Waals surface area (Å²) >= 11 is 3.14. The van der Waals surface area contributed by atoms with Crippen molar-refractivity contribution in [2.24, 2.45) is 0 Å². The van der Waals surface area contributed by atoms with E-state index in [1.165, 1.54) is 12.1 Å². The Kier molecular flexibility index (Phi) is 3.85. The van der Waals surface area contributed by atoms with Crippen molar-refractivity contribution in [2.45, 2.75) is 6.92 Å². The highest BCUT2D eigenvalue weighted by atomic mass is 79.9. The van der Waals surface area contributed by atoms with E-state index < -0.39 is 11.7 Å². The highest BCUT2D eigenvalue weighted by Gasteiger charge is 2.12. The Morgan fingerprint density at radius 3 is 2.63 bits per heavy atom. The molecule has 3 N–H and O–H groups in total. The first kappa shape index (κ1) is 13.5. The van der Waals surface area contributed by atoms with Gasteiger partial charge < -0.3 is 11.1 Å². The maximum absolute atomic E-state index is 13.6. The lowest BCUT2D eigenvalue weighted by atomic mass is 10.1. The number of halogens is 2. The largest absolute Gasteiger partial charge is 0.398 e. The van der Waals surface area contributed by atoms with Crippen LogP contribution in [-0.2, 0) is 0 Å². The molecule has 98 valence electrons. The van der Waals surface area contributed by atoms with Crippen LogP contribution in [0.4, 0.5) is 15.8 Å². The maximum atomic E-state index is 13.6. The minimum Gasteiger partial charge on any atom is -0.398 e. The van der Waals surface area contributed by atoms with Gasteiger partial charge in [-0.2, -0.15) is 0 Å². The third-order valence-corrected chi connectivity index (χ3v) is 3.21. The van der Waals surface area contributed by atoms with Crippen LogP contribution >= 0.6 is 15.9 Å². The summed E-state index contributed by atoms with van der Waals surface area (Å²) in [6.45, 7) is 1.87. The van der Waals surface area contributed by atoms with Crippen molar-refractivity contribution >= 4 is 33.2 Å². The average molecular weight is 323 g/mol. The van der Waals surface area contributed by atoms with Crippen molar-refractivity contribution in [3.05, 3.63) is 57.8 Å². The lowest BCUT2D eigenvalue weighted by Gasteiger charge is -2.08. The van der Waals surface area contributed by atoms with Gasteiger partial charge in [-0.05, 0) is 42.8 Å². The summed E-state index contributed by atoms with van der Waals surface area (Å²) in [7, 11) is 0. The molecule has 0 saturated heterocycles. The quantitative estimate of drug-likeness (QED) is 0.828. The van der Waals surface area contributed by atoms with Gasteiger partial charge in [0.2, 0.25) is 0 Å². The maximum Gasteiger partial charge on any atom is 0.258 e. The average Bonchev–Trinajstić information content (AvgIpc) is 2.33. The van der Waals surface area contributed by atoms with E-state index in [4.69, 9.17) is 5.73 Å². The molecule has 0 aliphatic carbocycles. The van der Waals surface area contributed by atoms with E-state index in [9.17, 15) is 9.18 Å². The van der Waals surface area contributed by atoms with Crippen molar-refractivity contribution in [1.82, 2.24) is 0 Å². The fraction of sp³-hybridized carbons (Fsp3) is 0.0714. The molecule has 5 heteroatoms. The number of rotatable bonds is 2. The SMILES string of the molecule is Cc1ccc(NC(=O)c2ccc(Br)cc2F)cc1N. The van der Waals surface area contributed by atoms with Gasteiger partial charge >= 0.3 is 0 Å². The zero-order valence-electron chi connectivity index (χ0n) is 10.2. The fourth-order valence-electron chi connectivity index (χ4n) is 1.59. The summed E-state index contributed by atoms with van der Waals surface area (Å²) in [5.74, 6) is -1.08. The van der Waals surface area contributed by atoms with Crippen molar-refractivity contribution in [3.8, 4) is 0 Å². The summed E-state index contributed by atoms with van der Waals surface area (Å²) in [5, 5.41) is 2.61. The van der Waals surface area contributed by atoms with Gasteiger partial charge in [0.05, 0.1) is 5.56 Å². The van der Waals surface area contributed by atoms with Crippen LogP contribution in [0, 0.1) is 12.7 Å². The van der Waals surface area contributed by atoms with E-state index in [1.54, 1.807) is 24.3 Å². The molecular formula is C14H12BrFN2O. The molecule has 0 atom stereocenters. The summed E-state index contributed by atoms with van der Waals surface area (Å²) in [6, 6.07) is 9.44. The Morgan fingerprint density at radius 1 is 1.26 bits per heavy atom. The first-order valence-electron chi connectivity index (χ1n) is 5.60. The van der Waals surface area contributed by atoms with Gasteiger partial charge in [-0.1, -0.05) is 22.0 Å². The van der Waals surface area contributed by atoms with Crippen LogP contribution in [0.2, 0.25) is 0 Å². The molecule has 2 aromatic carbocycles. The van der Waals surface area contributed by atoms with Crippen molar-refractivity contribution in [3.63, 3.8) is 0 Å². The number of hydrogen-bond donors (Lipinski definition) is 2.